The highest BCUT2D eigenvalue weighted by Gasteiger charge is 2.38. The number of hydrogen-bond acceptors (Lipinski definition) is 1. The predicted octanol–water partition coefficient (Wildman–Crippen LogP) is 4.26. The summed E-state index contributed by atoms with van der Waals surface area (Å²) in [4.78, 5) is 12.1. The summed E-state index contributed by atoms with van der Waals surface area (Å²) in [5.74, 6) is 0.693. The molecule has 16 heavy (non-hydrogen) atoms. The van der Waals surface area contributed by atoms with Crippen LogP contribution in [0, 0.1) is 12.8 Å². The minimum atomic E-state index is 0.0913. The molecular weight excluding hydrogens is 264 g/mol. The first-order valence-electron chi connectivity index (χ1n) is 5.68. The van der Waals surface area contributed by atoms with Gasteiger partial charge in [0.15, 0.2) is 5.78 Å². The number of halogens is 1. The van der Waals surface area contributed by atoms with Crippen molar-refractivity contribution in [3.05, 3.63) is 33.3 Å². The Balaban J connectivity index is 2.74. The molecule has 0 aliphatic heterocycles. The van der Waals surface area contributed by atoms with E-state index in [1.54, 1.807) is 0 Å². The zero-order valence-corrected chi connectivity index (χ0v) is 11.8. The zero-order valence-electron chi connectivity index (χ0n) is 10.2. The number of aryl methyl sites for hydroxylation is 1. The fourth-order valence-corrected chi connectivity index (χ4v) is 3.28. The van der Waals surface area contributed by atoms with Crippen molar-refractivity contribution in [1.82, 2.24) is 0 Å². The van der Waals surface area contributed by atoms with Crippen LogP contribution in [0.15, 0.2) is 16.6 Å². The normalized spacial score (nSPS) is 23.1. The van der Waals surface area contributed by atoms with Gasteiger partial charge in [-0.1, -0.05) is 36.7 Å². The molecule has 1 nitrogen and oxygen atoms in total. The predicted molar refractivity (Wildman–Crippen MR) is 70.0 cm³/mol. The Kier molecular flexibility index (Phi) is 2.73. The molecule has 2 heteroatoms. The van der Waals surface area contributed by atoms with Crippen LogP contribution >= 0.6 is 15.9 Å². The standard InChI is InChI=1S/C14H17BrO/c1-8-5-10(15)7-11-12(16)6-9(2)14(3,4)13(8)11/h5,7,9H,6H2,1-4H3. The van der Waals surface area contributed by atoms with E-state index in [-0.39, 0.29) is 11.2 Å². The number of carbonyl (C=O) groups excluding carboxylic acids is 1. The summed E-state index contributed by atoms with van der Waals surface area (Å²) in [5.41, 5.74) is 3.46. The molecule has 1 aliphatic carbocycles. The molecule has 1 unspecified atom stereocenters. The lowest BCUT2D eigenvalue weighted by atomic mass is 9.64. The summed E-state index contributed by atoms with van der Waals surface area (Å²) in [6, 6.07) is 4.07. The number of carbonyl (C=O) groups is 1. The Morgan fingerprint density at radius 2 is 2.00 bits per heavy atom. The maximum Gasteiger partial charge on any atom is 0.163 e. The molecule has 0 N–H and O–H groups in total. The van der Waals surface area contributed by atoms with E-state index in [9.17, 15) is 4.79 Å². The third-order valence-corrected chi connectivity index (χ3v) is 4.43. The second-order valence-electron chi connectivity index (χ2n) is 5.40. The topological polar surface area (TPSA) is 17.1 Å². The van der Waals surface area contributed by atoms with Gasteiger partial charge < -0.3 is 0 Å². The molecule has 1 atom stereocenters. The van der Waals surface area contributed by atoms with E-state index in [2.05, 4.69) is 49.7 Å². The van der Waals surface area contributed by atoms with Crippen LogP contribution in [0.25, 0.3) is 0 Å². The van der Waals surface area contributed by atoms with E-state index in [0.29, 0.717) is 12.3 Å². The molecule has 0 spiro atoms. The zero-order chi connectivity index (χ0) is 12.1. The molecule has 0 saturated carbocycles. The Morgan fingerprint density at radius 1 is 1.38 bits per heavy atom. The van der Waals surface area contributed by atoms with E-state index in [4.69, 9.17) is 0 Å². The summed E-state index contributed by atoms with van der Waals surface area (Å²) in [6.07, 6.45) is 0.663. The maximum absolute atomic E-state index is 12.1. The number of ketones is 1. The Labute approximate surface area is 105 Å². The van der Waals surface area contributed by atoms with Crippen molar-refractivity contribution in [1.29, 1.82) is 0 Å². The molecule has 86 valence electrons. The Hall–Kier alpha value is -0.630. The van der Waals surface area contributed by atoms with Crippen molar-refractivity contribution in [3.63, 3.8) is 0 Å². The molecule has 1 aliphatic rings. The van der Waals surface area contributed by atoms with Gasteiger partial charge in [0.25, 0.3) is 0 Å². The average Bonchev–Trinajstić information content (AvgIpc) is 2.13. The van der Waals surface area contributed by atoms with Crippen molar-refractivity contribution >= 4 is 21.7 Å². The second kappa shape index (κ2) is 3.69. The van der Waals surface area contributed by atoms with Crippen molar-refractivity contribution in [2.45, 2.75) is 39.5 Å². The van der Waals surface area contributed by atoms with E-state index < -0.39 is 0 Å². The Morgan fingerprint density at radius 3 is 2.62 bits per heavy atom. The molecular formula is C14H17BrO. The highest BCUT2D eigenvalue weighted by molar-refractivity contribution is 9.10. The first kappa shape index (κ1) is 11.8. The summed E-state index contributed by atoms with van der Waals surface area (Å²) in [7, 11) is 0. The SMILES string of the molecule is Cc1cc(Br)cc2c1C(C)(C)C(C)CC2=O. The molecule has 0 aromatic heterocycles. The first-order chi connectivity index (χ1) is 7.34. The lowest BCUT2D eigenvalue weighted by Crippen LogP contribution is -2.36. The highest BCUT2D eigenvalue weighted by Crippen LogP contribution is 2.43. The third kappa shape index (κ3) is 1.64. The number of fused-ring (bicyclic) bond motifs is 1. The lowest BCUT2D eigenvalue weighted by Gasteiger charge is -2.39. The largest absolute Gasteiger partial charge is 0.294 e. The van der Waals surface area contributed by atoms with Crippen molar-refractivity contribution in [3.8, 4) is 0 Å². The molecule has 0 saturated heterocycles. The van der Waals surface area contributed by atoms with Crippen LogP contribution < -0.4 is 0 Å². The van der Waals surface area contributed by atoms with Gasteiger partial charge in [-0.15, -0.1) is 0 Å². The minimum Gasteiger partial charge on any atom is -0.294 e. The molecule has 0 radical (unpaired) electrons. The molecule has 0 bridgehead atoms. The van der Waals surface area contributed by atoms with Gasteiger partial charge in [0.05, 0.1) is 0 Å². The highest BCUT2D eigenvalue weighted by atomic mass is 79.9. The summed E-state index contributed by atoms with van der Waals surface area (Å²) >= 11 is 3.47. The van der Waals surface area contributed by atoms with E-state index >= 15 is 0 Å². The minimum absolute atomic E-state index is 0.0913. The van der Waals surface area contributed by atoms with Gasteiger partial charge in [-0.2, -0.15) is 0 Å². The van der Waals surface area contributed by atoms with Crippen molar-refractivity contribution < 1.29 is 4.79 Å². The molecule has 0 fully saturated rings. The van der Waals surface area contributed by atoms with E-state index in [1.807, 2.05) is 6.07 Å². The van der Waals surface area contributed by atoms with Crippen molar-refractivity contribution in [2.24, 2.45) is 5.92 Å². The van der Waals surface area contributed by atoms with Crippen LogP contribution in [-0.2, 0) is 5.41 Å². The molecule has 2 rings (SSSR count). The third-order valence-electron chi connectivity index (χ3n) is 3.97. The van der Waals surface area contributed by atoms with E-state index in [1.165, 1.54) is 11.1 Å². The van der Waals surface area contributed by atoms with Crippen LogP contribution in [0.5, 0.6) is 0 Å². The van der Waals surface area contributed by atoms with Crippen LogP contribution in [0.3, 0.4) is 0 Å². The first-order valence-corrected chi connectivity index (χ1v) is 6.47. The van der Waals surface area contributed by atoms with Crippen LogP contribution in [0.2, 0.25) is 0 Å². The lowest BCUT2D eigenvalue weighted by molar-refractivity contribution is 0.0920. The second-order valence-corrected chi connectivity index (χ2v) is 6.31. The van der Waals surface area contributed by atoms with Gasteiger partial charge >= 0.3 is 0 Å². The smallest absolute Gasteiger partial charge is 0.163 e. The van der Waals surface area contributed by atoms with E-state index in [0.717, 1.165) is 10.0 Å². The van der Waals surface area contributed by atoms with Gasteiger partial charge in [0, 0.05) is 16.5 Å². The summed E-state index contributed by atoms with van der Waals surface area (Å²) < 4.78 is 1.00. The summed E-state index contributed by atoms with van der Waals surface area (Å²) in [5, 5.41) is 0. The number of rotatable bonds is 0. The van der Waals surface area contributed by atoms with Crippen LogP contribution in [0.4, 0.5) is 0 Å². The maximum atomic E-state index is 12.1. The summed E-state index contributed by atoms with van der Waals surface area (Å²) in [6.45, 7) is 8.74. The van der Waals surface area contributed by atoms with Crippen molar-refractivity contribution in [2.75, 3.05) is 0 Å². The molecule has 1 aromatic rings. The number of Topliss-reactive ketones (excluding diaryl/α,β-unsaturated/α-hetero) is 1. The van der Waals surface area contributed by atoms with Gasteiger partial charge in [-0.3, -0.25) is 4.79 Å². The fraction of sp³-hybridized carbons (Fsp3) is 0.500. The molecule has 0 amide bonds. The van der Waals surface area contributed by atoms with Crippen LogP contribution in [-0.4, -0.2) is 5.78 Å². The Bertz CT molecular complexity index is 460. The molecule has 1 aromatic carbocycles. The van der Waals surface area contributed by atoms with Gasteiger partial charge in [-0.05, 0) is 41.5 Å². The van der Waals surface area contributed by atoms with Gasteiger partial charge in [0.2, 0.25) is 0 Å². The van der Waals surface area contributed by atoms with Crippen LogP contribution in [0.1, 0.15) is 48.7 Å². The number of benzene rings is 1. The number of hydrogen-bond donors (Lipinski definition) is 0. The monoisotopic (exact) mass is 280 g/mol. The quantitative estimate of drug-likeness (QED) is 0.694. The average molecular weight is 281 g/mol. The van der Waals surface area contributed by atoms with Gasteiger partial charge in [-0.25, -0.2) is 0 Å². The van der Waals surface area contributed by atoms with Gasteiger partial charge in [0.1, 0.15) is 0 Å². The molecule has 0 heterocycles. The fourth-order valence-electron chi connectivity index (χ4n) is 2.71.